The Kier molecular flexibility index (Phi) is 13.7. The van der Waals surface area contributed by atoms with Gasteiger partial charge in [0.05, 0.1) is 0 Å². The van der Waals surface area contributed by atoms with Crippen LogP contribution in [0.3, 0.4) is 0 Å². The molecular weight excluding hydrogens is 126 g/mol. The van der Waals surface area contributed by atoms with E-state index in [0.29, 0.717) is 0 Å². The molecule has 0 heterocycles. The van der Waals surface area contributed by atoms with Crippen LogP contribution in [0.25, 0.3) is 0 Å². The first-order valence-corrected chi connectivity index (χ1v) is 3.93. The summed E-state index contributed by atoms with van der Waals surface area (Å²) < 4.78 is 0. The summed E-state index contributed by atoms with van der Waals surface area (Å²) in [6, 6.07) is 0. The van der Waals surface area contributed by atoms with Crippen LogP contribution in [-0.2, 0) is 4.79 Å². The third-order valence-electron chi connectivity index (χ3n) is 0.926. The van der Waals surface area contributed by atoms with E-state index in [-0.39, 0.29) is 5.91 Å². The lowest BCUT2D eigenvalue weighted by molar-refractivity contribution is -0.118. The van der Waals surface area contributed by atoms with Crippen molar-refractivity contribution in [3.05, 3.63) is 0 Å². The van der Waals surface area contributed by atoms with Crippen LogP contribution in [0.15, 0.2) is 0 Å². The summed E-state index contributed by atoms with van der Waals surface area (Å²) >= 11 is 0. The Morgan fingerprint density at radius 1 is 1.20 bits per heavy atom. The topological polar surface area (TPSA) is 29.1 Å². The molecule has 0 saturated heterocycles. The third-order valence-corrected chi connectivity index (χ3v) is 0.926. The van der Waals surface area contributed by atoms with E-state index in [0.717, 1.165) is 6.54 Å². The van der Waals surface area contributed by atoms with Crippen molar-refractivity contribution in [3.63, 3.8) is 0 Å². The van der Waals surface area contributed by atoms with Gasteiger partial charge in [0.15, 0.2) is 0 Å². The lowest BCUT2D eigenvalue weighted by Crippen LogP contribution is -2.18. The Morgan fingerprint density at radius 2 is 1.60 bits per heavy atom. The van der Waals surface area contributed by atoms with Crippen molar-refractivity contribution in [2.24, 2.45) is 0 Å². The largest absolute Gasteiger partial charge is 0.357 e. The molecule has 0 aliphatic carbocycles. The summed E-state index contributed by atoms with van der Waals surface area (Å²) in [5.74, 6) is 0.0394. The number of hydrogen-bond donors (Lipinski definition) is 1. The monoisotopic (exact) mass is 145 g/mol. The molecule has 0 aromatic heterocycles. The van der Waals surface area contributed by atoms with Crippen LogP contribution in [0, 0.1) is 0 Å². The molecule has 0 aliphatic rings. The van der Waals surface area contributed by atoms with Gasteiger partial charge in [0.1, 0.15) is 0 Å². The summed E-state index contributed by atoms with van der Waals surface area (Å²) in [4.78, 5) is 9.93. The fourth-order valence-electron chi connectivity index (χ4n) is 0.249. The van der Waals surface area contributed by atoms with Crippen LogP contribution in [0.5, 0.6) is 0 Å². The molecule has 0 aromatic carbocycles. The molecule has 0 saturated carbocycles. The Hall–Kier alpha value is -0.530. The Bertz CT molecular complexity index is 69.7. The summed E-state index contributed by atoms with van der Waals surface area (Å²) in [5.41, 5.74) is 0. The fourth-order valence-corrected chi connectivity index (χ4v) is 0.249. The van der Waals surface area contributed by atoms with E-state index >= 15 is 0 Å². The van der Waals surface area contributed by atoms with Crippen LogP contribution >= 0.6 is 0 Å². The number of carbonyl (C=O) groups is 1. The minimum Gasteiger partial charge on any atom is -0.357 e. The van der Waals surface area contributed by atoms with Crippen LogP contribution in [-0.4, -0.2) is 12.5 Å². The molecule has 0 aliphatic heterocycles. The fraction of sp³-hybridized carbons (Fsp3) is 0.875. The maximum Gasteiger partial charge on any atom is 0.216 e. The number of unbranched alkanes of at least 4 members (excludes halogenated alkanes) is 1. The van der Waals surface area contributed by atoms with E-state index in [9.17, 15) is 4.79 Å². The predicted molar refractivity (Wildman–Crippen MR) is 44.9 cm³/mol. The van der Waals surface area contributed by atoms with E-state index in [1.54, 1.807) is 0 Å². The zero-order valence-corrected chi connectivity index (χ0v) is 7.53. The number of hydrogen-bond acceptors (Lipinski definition) is 1. The van der Waals surface area contributed by atoms with Crippen molar-refractivity contribution in [3.8, 4) is 0 Å². The molecule has 62 valence electrons. The highest BCUT2D eigenvalue weighted by atomic mass is 16.1. The molecule has 1 N–H and O–H groups in total. The van der Waals surface area contributed by atoms with Crippen LogP contribution in [0.1, 0.15) is 40.5 Å². The second kappa shape index (κ2) is 11.3. The molecule has 0 aromatic rings. The summed E-state index contributed by atoms with van der Waals surface area (Å²) in [5, 5.41) is 2.57. The molecule has 0 fully saturated rings. The van der Waals surface area contributed by atoms with Crippen LogP contribution < -0.4 is 5.32 Å². The smallest absolute Gasteiger partial charge is 0.216 e. The van der Waals surface area contributed by atoms with Gasteiger partial charge in [-0.05, 0) is 6.92 Å². The zero-order chi connectivity index (χ0) is 8.41. The maximum atomic E-state index is 9.93. The first-order chi connectivity index (χ1) is 4.68. The quantitative estimate of drug-likeness (QED) is 0.632. The minimum atomic E-state index is 0.0394. The standard InChI is InChI=1S/C4H9NO.C4H10/c1-3-5-4(2)6;1-3-4-2/h3H2,1-2H3,(H,5,6);3-4H2,1-2H3. The number of amides is 1. The van der Waals surface area contributed by atoms with Gasteiger partial charge >= 0.3 is 0 Å². The summed E-state index contributed by atoms with van der Waals surface area (Å²) in [7, 11) is 0. The van der Waals surface area contributed by atoms with Gasteiger partial charge in [-0.2, -0.15) is 0 Å². The van der Waals surface area contributed by atoms with Crippen molar-refractivity contribution in [2.45, 2.75) is 40.5 Å². The van der Waals surface area contributed by atoms with E-state index < -0.39 is 0 Å². The van der Waals surface area contributed by atoms with Gasteiger partial charge in [-0.25, -0.2) is 0 Å². The highest BCUT2D eigenvalue weighted by Gasteiger charge is 1.78. The highest BCUT2D eigenvalue weighted by molar-refractivity contribution is 5.72. The molecule has 0 bridgehead atoms. The molecule has 2 heteroatoms. The van der Waals surface area contributed by atoms with Crippen LogP contribution in [0.4, 0.5) is 0 Å². The average Bonchev–Trinajstić information content (AvgIpc) is 1.89. The van der Waals surface area contributed by atoms with E-state index in [2.05, 4.69) is 19.2 Å². The summed E-state index contributed by atoms with van der Waals surface area (Å²) in [6.45, 7) is 8.49. The second-order valence-electron chi connectivity index (χ2n) is 2.09. The first-order valence-electron chi connectivity index (χ1n) is 3.93. The Morgan fingerprint density at radius 3 is 1.60 bits per heavy atom. The number of rotatable bonds is 2. The highest BCUT2D eigenvalue weighted by Crippen LogP contribution is 1.76. The summed E-state index contributed by atoms with van der Waals surface area (Å²) in [6.07, 6.45) is 2.64. The molecule has 0 atom stereocenters. The van der Waals surface area contributed by atoms with Gasteiger partial charge in [-0.3, -0.25) is 4.79 Å². The van der Waals surface area contributed by atoms with Gasteiger partial charge < -0.3 is 5.32 Å². The molecule has 1 amide bonds. The van der Waals surface area contributed by atoms with Crippen LogP contribution in [0.2, 0.25) is 0 Å². The lowest BCUT2D eigenvalue weighted by Gasteiger charge is -1.88. The lowest BCUT2D eigenvalue weighted by atomic mass is 10.4. The maximum absolute atomic E-state index is 9.93. The van der Waals surface area contributed by atoms with Gasteiger partial charge in [-0.1, -0.05) is 26.7 Å². The third kappa shape index (κ3) is 26.0. The normalized spacial score (nSPS) is 7.60. The molecule has 2 nitrogen and oxygen atoms in total. The first kappa shape index (κ1) is 12.2. The molecular formula is C8H19NO. The zero-order valence-electron chi connectivity index (χ0n) is 7.53. The Labute approximate surface area is 64.0 Å². The molecule has 0 rings (SSSR count). The molecule has 0 radical (unpaired) electrons. The minimum absolute atomic E-state index is 0.0394. The van der Waals surface area contributed by atoms with Crippen molar-refractivity contribution in [1.82, 2.24) is 5.32 Å². The van der Waals surface area contributed by atoms with Crippen molar-refractivity contribution in [1.29, 1.82) is 0 Å². The molecule has 10 heavy (non-hydrogen) atoms. The number of nitrogens with one attached hydrogen (secondary N) is 1. The van der Waals surface area contributed by atoms with Crippen molar-refractivity contribution < 1.29 is 4.79 Å². The van der Waals surface area contributed by atoms with Gasteiger partial charge in [0, 0.05) is 13.5 Å². The number of carbonyl (C=O) groups excluding carboxylic acids is 1. The predicted octanol–water partition coefficient (Wildman–Crippen LogP) is 1.95. The molecule has 0 spiro atoms. The van der Waals surface area contributed by atoms with E-state index in [4.69, 9.17) is 0 Å². The van der Waals surface area contributed by atoms with Gasteiger partial charge in [0.2, 0.25) is 5.91 Å². The van der Waals surface area contributed by atoms with Gasteiger partial charge in [-0.15, -0.1) is 0 Å². The Balaban J connectivity index is 0. The average molecular weight is 145 g/mol. The van der Waals surface area contributed by atoms with Gasteiger partial charge in [0.25, 0.3) is 0 Å². The van der Waals surface area contributed by atoms with Crippen molar-refractivity contribution >= 4 is 5.91 Å². The van der Waals surface area contributed by atoms with Crippen molar-refractivity contribution in [2.75, 3.05) is 6.54 Å². The van der Waals surface area contributed by atoms with E-state index in [1.807, 2.05) is 6.92 Å². The SMILES string of the molecule is CCCC.CCNC(C)=O. The van der Waals surface area contributed by atoms with E-state index in [1.165, 1.54) is 19.8 Å². The molecule has 0 unspecified atom stereocenters. The second-order valence-corrected chi connectivity index (χ2v) is 2.09.